The van der Waals surface area contributed by atoms with E-state index in [0.29, 0.717) is 57.2 Å². The fourth-order valence-electron chi connectivity index (χ4n) is 4.43. The van der Waals surface area contributed by atoms with E-state index in [9.17, 15) is 14.9 Å². The summed E-state index contributed by atoms with van der Waals surface area (Å²) >= 11 is 5.91. The van der Waals surface area contributed by atoms with Crippen molar-refractivity contribution in [2.45, 2.75) is 36.4 Å². The lowest BCUT2D eigenvalue weighted by Crippen LogP contribution is -2.38. The van der Waals surface area contributed by atoms with Gasteiger partial charge < -0.3 is 15.5 Å². The molecular weight excluding hydrogens is 576 g/mol. The van der Waals surface area contributed by atoms with Crippen LogP contribution >= 0.6 is 39.0 Å². The highest BCUT2D eigenvalue weighted by Gasteiger charge is 2.42. The fraction of sp³-hybridized carbons (Fsp3) is 0.240. The van der Waals surface area contributed by atoms with Gasteiger partial charge in [-0.05, 0) is 60.0 Å². The smallest absolute Gasteiger partial charge is 0.234 e. The number of nitriles is 1. The van der Waals surface area contributed by atoms with Crippen molar-refractivity contribution in [3.63, 3.8) is 0 Å². The van der Waals surface area contributed by atoms with Crippen LogP contribution in [0.1, 0.15) is 36.7 Å². The molecule has 37 heavy (non-hydrogen) atoms. The van der Waals surface area contributed by atoms with Crippen molar-refractivity contribution in [2.24, 2.45) is 5.73 Å². The average molecular weight is 598 g/mol. The molecule has 0 saturated heterocycles. The molecule has 1 aromatic carbocycles. The molecule has 3 N–H and O–H groups in total. The van der Waals surface area contributed by atoms with Gasteiger partial charge in [0.1, 0.15) is 17.3 Å². The first-order chi connectivity index (χ1) is 17.9. The van der Waals surface area contributed by atoms with Crippen molar-refractivity contribution in [3.05, 3.63) is 75.1 Å². The first-order valence-electron chi connectivity index (χ1n) is 11.4. The summed E-state index contributed by atoms with van der Waals surface area (Å²) < 4.78 is 7.19. The zero-order valence-electron chi connectivity index (χ0n) is 19.7. The predicted molar refractivity (Wildman–Crippen MR) is 145 cm³/mol. The van der Waals surface area contributed by atoms with Gasteiger partial charge in [-0.1, -0.05) is 35.2 Å². The zero-order chi connectivity index (χ0) is 26.1. The van der Waals surface area contributed by atoms with Crippen LogP contribution in [0.2, 0.25) is 0 Å². The molecular formula is C25H21BrN6O3S2. The zero-order valence-corrected chi connectivity index (χ0v) is 22.9. The van der Waals surface area contributed by atoms with Gasteiger partial charge in [0.15, 0.2) is 10.1 Å². The van der Waals surface area contributed by atoms with Gasteiger partial charge in [0.25, 0.3) is 0 Å². The Morgan fingerprint density at radius 1 is 1.32 bits per heavy atom. The highest BCUT2D eigenvalue weighted by molar-refractivity contribution is 9.10. The number of nitrogens with two attached hydrogens (primary N) is 1. The molecule has 5 rings (SSSR count). The van der Waals surface area contributed by atoms with Crippen molar-refractivity contribution < 1.29 is 14.0 Å². The minimum absolute atomic E-state index is 0.0339. The number of thioether (sulfide) groups is 1. The molecule has 0 fully saturated rings. The number of aryl methyl sites for hydroxylation is 1. The van der Waals surface area contributed by atoms with Gasteiger partial charge in [-0.2, -0.15) is 5.26 Å². The Balaban J connectivity index is 1.42. The number of nitrogens with zero attached hydrogens (tertiary/aromatic N) is 4. The highest BCUT2D eigenvalue weighted by atomic mass is 79.9. The predicted octanol–water partition coefficient (Wildman–Crippen LogP) is 5.24. The van der Waals surface area contributed by atoms with Crippen molar-refractivity contribution in [2.75, 3.05) is 16.0 Å². The number of Topliss-reactive ketones (excluding diaryl/α,β-unsaturated/α-hetero) is 1. The Bertz CT molecular complexity index is 1500. The number of ketones is 1. The molecule has 9 nitrogen and oxygen atoms in total. The lowest BCUT2D eigenvalue weighted by atomic mass is 9.78. The van der Waals surface area contributed by atoms with Gasteiger partial charge in [-0.15, -0.1) is 10.2 Å². The van der Waals surface area contributed by atoms with E-state index in [0.717, 1.165) is 4.47 Å². The number of nitrogens with one attached hydrogen (secondary N) is 1. The van der Waals surface area contributed by atoms with Crippen LogP contribution in [0, 0.1) is 18.3 Å². The van der Waals surface area contributed by atoms with Gasteiger partial charge in [-0.3, -0.25) is 14.5 Å². The quantitative estimate of drug-likeness (QED) is 0.366. The summed E-state index contributed by atoms with van der Waals surface area (Å²) in [6, 6.07) is 13.2. The number of para-hydroxylation sites is 1. The first kappa shape index (κ1) is 25.3. The molecule has 0 radical (unpaired) electrons. The number of allylic oxidation sites excluding steroid dienone is 3. The van der Waals surface area contributed by atoms with E-state index in [-0.39, 0.29) is 28.8 Å². The molecule has 1 amide bonds. The van der Waals surface area contributed by atoms with Gasteiger partial charge in [0, 0.05) is 22.2 Å². The van der Waals surface area contributed by atoms with Crippen molar-refractivity contribution in [1.29, 1.82) is 5.26 Å². The van der Waals surface area contributed by atoms with E-state index >= 15 is 0 Å². The summed E-state index contributed by atoms with van der Waals surface area (Å²) in [7, 11) is 0. The van der Waals surface area contributed by atoms with Crippen LogP contribution in [-0.2, 0) is 9.59 Å². The lowest BCUT2D eigenvalue weighted by molar-refractivity contribution is -0.116. The van der Waals surface area contributed by atoms with Crippen LogP contribution in [0.5, 0.6) is 0 Å². The number of aromatic nitrogens is 2. The third kappa shape index (κ3) is 4.94. The summed E-state index contributed by atoms with van der Waals surface area (Å²) in [5, 5.41) is 21.9. The monoisotopic (exact) mass is 596 g/mol. The maximum Gasteiger partial charge on any atom is 0.234 e. The van der Waals surface area contributed by atoms with Gasteiger partial charge >= 0.3 is 0 Å². The summed E-state index contributed by atoms with van der Waals surface area (Å²) in [6.07, 6.45) is 1.67. The van der Waals surface area contributed by atoms with Crippen LogP contribution < -0.4 is 16.0 Å². The molecule has 1 aliphatic carbocycles. The van der Waals surface area contributed by atoms with Crippen LogP contribution in [-0.4, -0.2) is 27.6 Å². The Hall–Kier alpha value is -3.40. The summed E-state index contributed by atoms with van der Waals surface area (Å²) in [5.41, 5.74) is 8.70. The molecule has 0 spiro atoms. The molecule has 0 bridgehead atoms. The van der Waals surface area contributed by atoms with E-state index in [2.05, 4.69) is 37.5 Å². The SMILES string of the molecule is Cc1ccc(C2C(C#N)=C(N)N(c3nnc(SCC(=O)Nc4ccccc4Br)s3)C3=C2C(=O)CCC3)o1. The molecule has 3 heterocycles. The Morgan fingerprint density at radius 3 is 2.86 bits per heavy atom. The fourth-order valence-corrected chi connectivity index (χ4v) is 6.49. The number of benzene rings is 1. The van der Waals surface area contributed by atoms with Gasteiger partial charge in [-0.25, -0.2) is 0 Å². The molecule has 2 aliphatic rings. The minimum Gasteiger partial charge on any atom is -0.465 e. The van der Waals surface area contributed by atoms with Crippen molar-refractivity contribution in [3.8, 4) is 6.07 Å². The van der Waals surface area contributed by atoms with E-state index in [1.165, 1.54) is 23.1 Å². The van der Waals surface area contributed by atoms with Gasteiger partial charge in [0.05, 0.1) is 29.0 Å². The summed E-state index contributed by atoms with van der Waals surface area (Å²) in [4.78, 5) is 27.3. The average Bonchev–Trinajstić information content (AvgIpc) is 3.52. The topological polar surface area (TPSA) is 138 Å². The Kier molecular flexibility index (Phi) is 7.19. The molecule has 2 aromatic heterocycles. The van der Waals surface area contributed by atoms with E-state index in [1.807, 2.05) is 31.2 Å². The highest BCUT2D eigenvalue weighted by Crippen LogP contribution is 2.47. The Labute approximate surface area is 229 Å². The molecule has 1 aliphatic heterocycles. The number of anilines is 2. The summed E-state index contributed by atoms with van der Waals surface area (Å²) in [6.45, 7) is 1.81. The van der Waals surface area contributed by atoms with Crippen molar-refractivity contribution in [1.82, 2.24) is 10.2 Å². The number of amides is 1. The van der Waals surface area contributed by atoms with E-state index in [4.69, 9.17) is 10.2 Å². The van der Waals surface area contributed by atoms with Crippen molar-refractivity contribution >= 4 is 61.5 Å². The van der Waals surface area contributed by atoms with Crippen LogP contribution in [0.3, 0.4) is 0 Å². The number of carbonyl (C=O) groups is 2. The molecule has 188 valence electrons. The maximum atomic E-state index is 13.1. The number of furan rings is 1. The second kappa shape index (κ2) is 10.5. The molecule has 12 heteroatoms. The van der Waals surface area contributed by atoms with E-state index < -0.39 is 5.92 Å². The summed E-state index contributed by atoms with van der Waals surface area (Å²) in [5.74, 6) is 0.676. The molecule has 3 aromatic rings. The molecule has 1 unspecified atom stereocenters. The standard InChI is InChI=1S/C25H21BrN6O3S2/c1-13-9-10-19(35-13)21-14(11-27)23(28)32(17-7-4-8-18(33)22(17)21)24-30-31-25(37-24)36-12-20(34)29-16-6-3-2-5-15(16)26/h2-3,5-6,9-10,21H,4,7-8,12,28H2,1H3,(H,29,34). The largest absolute Gasteiger partial charge is 0.465 e. The second-order valence-electron chi connectivity index (χ2n) is 8.43. The number of halogens is 1. The number of carbonyl (C=O) groups excluding carboxylic acids is 2. The number of hydrogen-bond acceptors (Lipinski definition) is 10. The first-order valence-corrected chi connectivity index (χ1v) is 14.0. The van der Waals surface area contributed by atoms with Gasteiger partial charge in [0.2, 0.25) is 11.0 Å². The second-order valence-corrected chi connectivity index (χ2v) is 11.5. The maximum absolute atomic E-state index is 13.1. The normalized spacial score (nSPS) is 17.6. The third-order valence-corrected chi connectivity index (χ3v) is 8.75. The van der Waals surface area contributed by atoms with Crippen LogP contribution in [0.15, 0.2) is 72.3 Å². The molecule has 0 saturated carbocycles. The number of hydrogen-bond donors (Lipinski definition) is 2. The van der Waals surface area contributed by atoms with E-state index in [1.54, 1.807) is 17.0 Å². The van der Waals surface area contributed by atoms with Crippen LogP contribution in [0.25, 0.3) is 0 Å². The number of rotatable bonds is 6. The third-order valence-electron chi connectivity index (χ3n) is 6.02. The molecule has 1 atom stereocenters. The lowest BCUT2D eigenvalue weighted by Gasteiger charge is -2.37. The minimum atomic E-state index is -0.652. The van der Waals surface area contributed by atoms with Crippen LogP contribution in [0.4, 0.5) is 10.8 Å². The Morgan fingerprint density at radius 2 is 2.14 bits per heavy atom.